The lowest BCUT2D eigenvalue weighted by atomic mass is 9.72. The average Bonchev–Trinajstić information content (AvgIpc) is 3.04. The van der Waals surface area contributed by atoms with Crippen LogP contribution in [-0.4, -0.2) is 29.0 Å². The molecule has 0 bridgehead atoms. The van der Waals surface area contributed by atoms with Crippen LogP contribution >= 0.6 is 0 Å². The fourth-order valence-corrected chi connectivity index (χ4v) is 3.59. The van der Waals surface area contributed by atoms with Crippen LogP contribution < -0.4 is 5.32 Å². The molecule has 0 unspecified atom stereocenters. The van der Waals surface area contributed by atoms with Crippen molar-refractivity contribution in [3.63, 3.8) is 0 Å². The van der Waals surface area contributed by atoms with Gasteiger partial charge >= 0.3 is 6.09 Å². The summed E-state index contributed by atoms with van der Waals surface area (Å²) in [6, 6.07) is 9.68. The number of hydrogen-bond acceptors (Lipinski definition) is 4. The molecule has 1 fully saturated rings. The van der Waals surface area contributed by atoms with E-state index in [1.165, 1.54) is 4.68 Å². The van der Waals surface area contributed by atoms with Gasteiger partial charge in [0, 0.05) is 0 Å². The van der Waals surface area contributed by atoms with Gasteiger partial charge in [0.15, 0.2) is 0 Å². The zero-order chi connectivity index (χ0) is 16.4. The second-order valence-electron chi connectivity index (χ2n) is 6.63. The third kappa shape index (κ3) is 2.87. The van der Waals surface area contributed by atoms with E-state index in [1.807, 2.05) is 42.6 Å². The maximum atomic E-state index is 12.4. The summed E-state index contributed by atoms with van der Waals surface area (Å²) in [5, 5.41) is 7.67. The molecule has 24 heavy (non-hydrogen) atoms. The largest absolute Gasteiger partial charge is 0.443 e. The molecule has 4 rings (SSSR count). The summed E-state index contributed by atoms with van der Waals surface area (Å²) in [6.07, 6.45) is 8.91. The molecule has 2 aromatic rings. The predicted octanol–water partition coefficient (Wildman–Crippen LogP) is 3.01. The highest BCUT2D eigenvalue weighted by Crippen LogP contribution is 2.39. The average molecular weight is 323 g/mol. The molecule has 0 radical (unpaired) electrons. The van der Waals surface area contributed by atoms with E-state index in [2.05, 4.69) is 16.5 Å². The molecule has 2 aliphatic rings. The highest BCUT2D eigenvalue weighted by atomic mass is 16.6. The SMILES string of the molecule is O=C(OCc1ccccc1)n1ncc2c1C=CC1(CCNCC1)C2. The van der Waals surface area contributed by atoms with Crippen molar-refractivity contribution in [2.75, 3.05) is 13.1 Å². The van der Waals surface area contributed by atoms with Crippen LogP contribution in [0, 0.1) is 5.41 Å². The lowest BCUT2D eigenvalue weighted by Gasteiger charge is -2.37. The number of rotatable bonds is 2. The van der Waals surface area contributed by atoms with Crippen molar-refractivity contribution < 1.29 is 9.53 Å². The maximum Gasteiger partial charge on any atom is 0.435 e. The molecule has 1 N–H and O–H groups in total. The molecule has 5 heteroatoms. The fraction of sp³-hybridized carbons (Fsp3) is 0.368. The first-order chi connectivity index (χ1) is 11.8. The first-order valence-corrected chi connectivity index (χ1v) is 8.44. The zero-order valence-corrected chi connectivity index (χ0v) is 13.6. The minimum absolute atomic E-state index is 0.222. The van der Waals surface area contributed by atoms with Gasteiger partial charge in [0.2, 0.25) is 0 Å². The van der Waals surface area contributed by atoms with Crippen LogP contribution in [0.25, 0.3) is 6.08 Å². The van der Waals surface area contributed by atoms with Crippen molar-refractivity contribution in [3.05, 3.63) is 59.4 Å². The fourth-order valence-electron chi connectivity index (χ4n) is 3.59. The van der Waals surface area contributed by atoms with Gasteiger partial charge in [-0.1, -0.05) is 36.4 Å². The van der Waals surface area contributed by atoms with Gasteiger partial charge in [0.25, 0.3) is 0 Å². The lowest BCUT2D eigenvalue weighted by molar-refractivity contribution is 0.137. The Balaban J connectivity index is 1.48. The molecule has 1 saturated heterocycles. The van der Waals surface area contributed by atoms with Crippen molar-refractivity contribution in [1.82, 2.24) is 15.1 Å². The third-order valence-corrected chi connectivity index (χ3v) is 5.00. The van der Waals surface area contributed by atoms with Crippen molar-refractivity contribution >= 4 is 12.2 Å². The molecular formula is C19H21N3O2. The molecule has 1 aromatic heterocycles. The standard InChI is InChI=1S/C19H21N3O2/c23-18(24-14-15-4-2-1-3-5-15)22-17-6-7-19(8-10-20-11-9-19)12-16(17)13-21-22/h1-7,13,20H,8-12,14H2. The number of aromatic nitrogens is 2. The highest BCUT2D eigenvalue weighted by Gasteiger charge is 2.34. The van der Waals surface area contributed by atoms with Crippen molar-refractivity contribution in [2.45, 2.75) is 25.9 Å². The van der Waals surface area contributed by atoms with Crippen molar-refractivity contribution in [1.29, 1.82) is 0 Å². The number of piperidine rings is 1. The van der Waals surface area contributed by atoms with E-state index in [9.17, 15) is 4.79 Å². The predicted molar refractivity (Wildman–Crippen MR) is 91.5 cm³/mol. The first-order valence-electron chi connectivity index (χ1n) is 8.44. The monoisotopic (exact) mass is 323 g/mol. The normalized spacial score (nSPS) is 18.3. The quantitative estimate of drug-likeness (QED) is 0.923. The number of carbonyl (C=O) groups is 1. The van der Waals surface area contributed by atoms with Crippen LogP contribution in [0.1, 0.15) is 29.7 Å². The zero-order valence-electron chi connectivity index (χ0n) is 13.6. The third-order valence-electron chi connectivity index (χ3n) is 5.00. The van der Waals surface area contributed by atoms with Crippen molar-refractivity contribution in [2.24, 2.45) is 5.41 Å². The van der Waals surface area contributed by atoms with Gasteiger partial charge in [-0.05, 0) is 55.0 Å². The van der Waals surface area contributed by atoms with E-state index < -0.39 is 6.09 Å². The van der Waals surface area contributed by atoms with Gasteiger partial charge in [-0.25, -0.2) is 4.79 Å². The number of hydrogen-bond donors (Lipinski definition) is 1. The van der Waals surface area contributed by atoms with E-state index in [1.54, 1.807) is 0 Å². The Morgan fingerprint density at radius 3 is 2.83 bits per heavy atom. The summed E-state index contributed by atoms with van der Waals surface area (Å²) in [4.78, 5) is 12.4. The number of fused-ring (bicyclic) bond motifs is 1. The van der Waals surface area contributed by atoms with Gasteiger partial charge in [0.1, 0.15) is 6.61 Å². The summed E-state index contributed by atoms with van der Waals surface area (Å²) < 4.78 is 6.77. The number of nitrogens with one attached hydrogen (secondary N) is 1. The highest BCUT2D eigenvalue weighted by molar-refractivity contribution is 5.74. The number of ether oxygens (including phenoxy) is 1. The van der Waals surface area contributed by atoms with Gasteiger partial charge in [0.05, 0.1) is 11.9 Å². The van der Waals surface area contributed by atoms with Gasteiger partial charge in [-0.15, -0.1) is 0 Å². The first kappa shape index (κ1) is 15.1. The molecule has 1 aliphatic heterocycles. The molecule has 5 nitrogen and oxygen atoms in total. The van der Waals surface area contributed by atoms with E-state index >= 15 is 0 Å². The van der Waals surface area contributed by atoms with Gasteiger partial charge in [-0.2, -0.15) is 9.78 Å². The summed E-state index contributed by atoms with van der Waals surface area (Å²) in [6.45, 7) is 2.35. The van der Waals surface area contributed by atoms with Crippen molar-refractivity contribution in [3.8, 4) is 0 Å². The number of allylic oxidation sites excluding steroid dienone is 1. The van der Waals surface area contributed by atoms with E-state index in [0.29, 0.717) is 0 Å². The van der Waals surface area contributed by atoms with Crippen LogP contribution in [0.5, 0.6) is 0 Å². The smallest absolute Gasteiger partial charge is 0.435 e. The lowest BCUT2D eigenvalue weighted by Crippen LogP contribution is -2.38. The Labute approximate surface area is 141 Å². The Hall–Kier alpha value is -2.40. The summed E-state index contributed by atoms with van der Waals surface area (Å²) >= 11 is 0. The molecule has 1 spiro atoms. The van der Waals surface area contributed by atoms with E-state index in [0.717, 1.165) is 49.2 Å². The molecule has 0 amide bonds. The molecular weight excluding hydrogens is 302 g/mol. The van der Waals surface area contributed by atoms with E-state index in [-0.39, 0.29) is 12.0 Å². The van der Waals surface area contributed by atoms with Crippen LogP contribution in [0.2, 0.25) is 0 Å². The second kappa shape index (κ2) is 6.24. The van der Waals surface area contributed by atoms with Crippen LogP contribution in [-0.2, 0) is 17.8 Å². The molecule has 2 heterocycles. The van der Waals surface area contributed by atoms with Gasteiger partial charge < -0.3 is 10.1 Å². The summed E-state index contributed by atoms with van der Waals surface area (Å²) in [5.74, 6) is 0. The second-order valence-corrected chi connectivity index (χ2v) is 6.63. The Bertz CT molecular complexity index is 758. The Kier molecular flexibility index (Phi) is 3.94. The van der Waals surface area contributed by atoms with Gasteiger partial charge in [-0.3, -0.25) is 0 Å². The topological polar surface area (TPSA) is 56.2 Å². The van der Waals surface area contributed by atoms with E-state index in [4.69, 9.17) is 4.74 Å². The molecule has 0 saturated carbocycles. The molecule has 1 aromatic carbocycles. The number of benzene rings is 1. The summed E-state index contributed by atoms with van der Waals surface area (Å²) in [7, 11) is 0. The molecule has 1 aliphatic carbocycles. The van der Waals surface area contributed by atoms with Crippen LogP contribution in [0.4, 0.5) is 4.79 Å². The number of carbonyl (C=O) groups excluding carboxylic acids is 1. The molecule has 0 atom stereocenters. The summed E-state index contributed by atoms with van der Waals surface area (Å²) in [5.41, 5.74) is 3.18. The maximum absolute atomic E-state index is 12.4. The minimum atomic E-state index is -0.425. The number of nitrogens with zero attached hydrogens (tertiary/aromatic N) is 2. The Morgan fingerprint density at radius 2 is 2.04 bits per heavy atom. The van der Waals surface area contributed by atoms with Crippen LogP contribution in [0.15, 0.2) is 42.6 Å². The molecule has 124 valence electrons. The Morgan fingerprint density at radius 1 is 1.25 bits per heavy atom. The minimum Gasteiger partial charge on any atom is -0.443 e. The van der Waals surface area contributed by atoms with Crippen LogP contribution in [0.3, 0.4) is 0 Å².